The maximum absolute atomic E-state index is 11.5. The molecule has 0 radical (unpaired) electrons. The number of hydrogen-bond donors (Lipinski definition) is 0. The largest absolute Gasteiger partial charge is 0.303 e. The van der Waals surface area contributed by atoms with Crippen molar-refractivity contribution in [1.29, 1.82) is 0 Å². The van der Waals surface area contributed by atoms with E-state index in [4.69, 9.17) is 0 Å². The van der Waals surface area contributed by atoms with Crippen molar-refractivity contribution in [3.63, 3.8) is 0 Å². The minimum Gasteiger partial charge on any atom is -0.303 e. The van der Waals surface area contributed by atoms with E-state index in [2.05, 4.69) is 0 Å². The van der Waals surface area contributed by atoms with Crippen molar-refractivity contribution in [1.82, 2.24) is 0 Å². The standard InChI is InChI=1S/C18H17NO3/c20-12-11-15-16(13-7-3-1-4-8-13)17(18(15)19(21)22)14-9-5-2-6-10-14/h1-10,12,15-18H,11H2/t15-,16-,17+,18+/m1/s1. The van der Waals surface area contributed by atoms with E-state index in [1.807, 2.05) is 60.7 Å². The van der Waals surface area contributed by atoms with Gasteiger partial charge in [-0.15, -0.1) is 0 Å². The van der Waals surface area contributed by atoms with Gasteiger partial charge in [-0.3, -0.25) is 10.1 Å². The van der Waals surface area contributed by atoms with E-state index < -0.39 is 6.04 Å². The van der Waals surface area contributed by atoms with Gasteiger partial charge in [0.1, 0.15) is 6.29 Å². The fourth-order valence-electron chi connectivity index (χ4n) is 3.71. The van der Waals surface area contributed by atoms with E-state index in [0.717, 1.165) is 17.4 Å². The highest BCUT2D eigenvalue weighted by Gasteiger charge is 2.58. The lowest BCUT2D eigenvalue weighted by Gasteiger charge is -2.46. The lowest BCUT2D eigenvalue weighted by atomic mass is 9.55. The number of nitro groups is 1. The van der Waals surface area contributed by atoms with Gasteiger partial charge in [0, 0.05) is 23.2 Å². The Bertz CT molecular complexity index is 657. The molecule has 1 saturated carbocycles. The predicted molar refractivity (Wildman–Crippen MR) is 83.3 cm³/mol. The van der Waals surface area contributed by atoms with Crippen LogP contribution in [0.4, 0.5) is 0 Å². The van der Waals surface area contributed by atoms with Gasteiger partial charge in [-0.1, -0.05) is 60.7 Å². The average Bonchev–Trinajstić information content (AvgIpc) is 2.52. The van der Waals surface area contributed by atoms with Crippen LogP contribution >= 0.6 is 0 Å². The topological polar surface area (TPSA) is 60.2 Å². The molecule has 0 amide bonds. The van der Waals surface area contributed by atoms with Gasteiger partial charge in [-0.05, 0) is 11.1 Å². The van der Waals surface area contributed by atoms with Crippen LogP contribution in [0.15, 0.2) is 60.7 Å². The van der Waals surface area contributed by atoms with Crippen molar-refractivity contribution in [3.05, 3.63) is 81.9 Å². The van der Waals surface area contributed by atoms with E-state index >= 15 is 0 Å². The van der Waals surface area contributed by atoms with Crippen LogP contribution in [-0.4, -0.2) is 17.3 Å². The smallest absolute Gasteiger partial charge is 0.224 e. The van der Waals surface area contributed by atoms with Crippen LogP contribution in [0.25, 0.3) is 0 Å². The second-order valence-electron chi connectivity index (χ2n) is 5.72. The highest BCUT2D eigenvalue weighted by molar-refractivity contribution is 5.52. The van der Waals surface area contributed by atoms with Crippen LogP contribution in [0.5, 0.6) is 0 Å². The first-order valence-corrected chi connectivity index (χ1v) is 7.41. The Balaban J connectivity index is 2.02. The molecule has 0 bridgehead atoms. The molecule has 4 atom stereocenters. The molecule has 3 rings (SSSR count). The zero-order valence-electron chi connectivity index (χ0n) is 12.0. The van der Waals surface area contributed by atoms with Gasteiger partial charge >= 0.3 is 0 Å². The van der Waals surface area contributed by atoms with Crippen molar-refractivity contribution >= 4 is 6.29 Å². The molecule has 22 heavy (non-hydrogen) atoms. The zero-order valence-corrected chi connectivity index (χ0v) is 12.0. The molecule has 0 N–H and O–H groups in total. The number of benzene rings is 2. The molecular formula is C18H17NO3. The molecule has 0 unspecified atom stereocenters. The average molecular weight is 295 g/mol. The summed E-state index contributed by atoms with van der Waals surface area (Å²) in [6.45, 7) is 0. The number of carbonyl (C=O) groups is 1. The molecule has 1 fully saturated rings. The van der Waals surface area contributed by atoms with Gasteiger partial charge in [0.15, 0.2) is 0 Å². The Morgan fingerprint density at radius 1 is 0.909 bits per heavy atom. The molecule has 4 heteroatoms. The summed E-state index contributed by atoms with van der Waals surface area (Å²) in [5, 5.41) is 11.5. The first-order chi connectivity index (χ1) is 10.7. The third kappa shape index (κ3) is 2.41. The normalized spacial score (nSPS) is 26.9. The number of rotatable bonds is 5. The summed E-state index contributed by atoms with van der Waals surface area (Å²) in [5.74, 6) is -0.396. The second kappa shape index (κ2) is 6.10. The van der Waals surface area contributed by atoms with Crippen LogP contribution in [-0.2, 0) is 4.79 Å². The van der Waals surface area contributed by atoms with E-state index in [0.29, 0.717) is 0 Å². The lowest BCUT2D eigenvalue weighted by Crippen LogP contribution is -2.52. The Morgan fingerprint density at radius 2 is 1.41 bits per heavy atom. The number of aldehydes is 1. The monoisotopic (exact) mass is 295 g/mol. The van der Waals surface area contributed by atoms with Crippen molar-refractivity contribution in [2.75, 3.05) is 0 Å². The molecule has 4 nitrogen and oxygen atoms in total. The summed E-state index contributed by atoms with van der Waals surface area (Å²) in [4.78, 5) is 22.3. The molecule has 0 spiro atoms. The molecule has 2 aromatic carbocycles. The first kappa shape index (κ1) is 14.4. The fourth-order valence-corrected chi connectivity index (χ4v) is 3.71. The molecule has 1 aliphatic carbocycles. The summed E-state index contributed by atoms with van der Waals surface area (Å²) in [6, 6.07) is 18.7. The van der Waals surface area contributed by atoms with Gasteiger partial charge in [-0.25, -0.2) is 0 Å². The highest BCUT2D eigenvalue weighted by atomic mass is 16.6. The lowest BCUT2D eigenvalue weighted by molar-refractivity contribution is -0.554. The van der Waals surface area contributed by atoms with Crippen LogP contribution in [0.1, 0.15) is 29.4 Å². The van der Waals surface area contributed by atoms with Gasteiger partial charge in [0.25, 0.3) is 0 Å². The van der Waals surface area contributed by atoms with E-state index in [1.165, 1.54) is 0 Å². The molecule has 0 aliphatic heterocycles. The van der Waals surface area contributed by atoms with E-state index in [-0.39, 0.29) is 29.1 Å². The summed E-state index contributed by atoms with van der Waals surface area (Å²) in [6.07, 6.45) is 1.03. The van der Waals surface area contributed by atoms with E-state index in [1.54, 1.807) is 0 Å². The molecular weight excluding hydrogens is 278 g/mol. The van der Waals surface area contributed by atoms with Crippen molar-refractivity contribution < 1.29 is 9.72 Å². The summed E-state index contributed by atoms with van der Waals surface area (Å²) < 4.78 is 0. The zero-order chi connectivity index (χ0) is 15.5. The van der Waals surface area contributed by atoms with Crippen LogP contribution in [0, 0.1) is 16.0 Å². The maximum atomic E-state index is 11.5. The molecule has 0 heterocycles. The Labute approximate surface area is 128 Å². The minimum absolute atomic E-state index is 0.0178. The third-order valence-electron chi connectivity index (χ3n) is 4.64. The van der Waals surface area contributed by atoms with Crippen LogP contribution in [0.3, 0.4) is 0 Å². The van der Waals surface area contributed by atoms with Crippen LogP contribution in [0.2, 0.25) is 0 Å². The minimum atomic E-state index is -0.696. The van der Waals surface area contributed by atoms with Gasteiger partial charge in [0.05, 0.1) is 5.92 Å². The molecule has 2 aromatic rings. The Hall–Kier alpha value is -2.49. The van der Waals surface area contributed by atoms with Crippen molar-refractivity contribution in [3.8, 4) is 0 Å². The SMILES string of the molecule is O=CC[C@@H]1[C@@H](c2ccccc2)[C@H](c2ccccc2)[C@H]1[N+](=O)[O-]. The molecule has 112 valence electrons. The first-order valence-electron chi connectivity index (χ1n) is 7.41. The maximum Gasteiger partial charge on any atom is 0.224 e. The summed E-state index contributed by atoms with van der Waals surface area (Å²) in [7, 11) is 0. The number of carbonyl (C=O) groups excluding carboxylic acids is 1. The van der Waals surface area contributed by atoms with Gasteiger partial charge < -0.3 is 4.79 Å². The van der Waals surface area contributed by atoms with Gasteiger partial charge in [0.2, 0.25) is 6.04 Å². The Kier molecular flexibility index (Phi) is 4.00. The van der Waals surface area contributed by atoms with Crippen LogP contribution < -0.4 is 0 Å². The number of nitrogens with zero attached hydrogens (tertiary/aromatic N) is 1. The van der Waals surface area contributed by atoms with E-state index in [9.17, 15) is 14.9 Å². The summed E-state index contributed by atoms with van der Waals surface area (Å²) >= 11 is 0. The predicted octanol–water partition coefficient (Wildman–Crippen LogP) is 3.42. The van der Waals surface area contributed by atoms with Gasteiger partial charge in [-0.2, -0.15) is 0 Å². The highest BCUT2D eigenvalue weighted by Crippen LogP contribution is 2.55. The molecule has 1 aliphatic rings. The molecule has 0 aromatic heterocycles. The van der Waals surface area contributed by atoms with Crippen molar-refractivity contribution in [2.24, 2.45) is 5.92 Å². The number of hydrogen-bond acceptors (Lipinski definition) is 3. The third-order valence-corrected chi connectivity index (χ3v) is 4.64. The Morgan fingerprint density at radius 3 is 1.86 bits per heavy atom. The van der Waals surface area contributed by atoms with Crippen molar-refractivity contribution in [2.45, 2.75) is 24.3 Å². The summed E-state index contributed by atoms with van der Waals surface area (Å²) in [5.41, 5.74) is 2.04. The second-order valence-corrected chi connectivity index (χ2v) is 5.72. The fraction of sp³-hybridized carbons (Fsp3) is 0.278. The quantitative estimate of drug-likeness (QED) is 0.482. The molecule has 0 saturated heterocycles.